The molecule has 0 saturated carbocycles. The molecule has 6 heteroatoms. The van der Waals surface area contributed by atoms with Crippen LogP contribution in [0.1, 0.15) is 40.4 Å². The van der Waals surface area contributed by atoms with Crippen molar-refractivity contribution in [3.05, 3.63) is 53.0 Å². The average Bonchev–Trinajstić information content (AvgIpc) is 2.85. The SMILES string of the molecule is CNC(=O)c1cccc(NC(=O)N[C@@H](C)c2cc(C)oc2C)c1. The fourth-order valence-corrected chi connectivity index (χ4v) is 2.40. The van der Waals surface area contributed by atoms with Crippen LogP contribution in [0.15, 0.2) is 34.7 Å². The van der Waals surface area contributed by atoms with Gasteiger partial charge in [0.05, 0.1) is 6.04 Å². The Kier molecular flexibility index (Phi) is 5.05. The van der Waals surface area contributed by atoms with Crippen molar-refractivity contribution in [1.29, 1.82) is 0 Å². The summed E-state index contributed by atoms with van der Waals surface area (Å²) < 4.78 is 5.47. The van der Waals surface area contributed by atoms with Crippen LogP contribution in [0.5, 0.6) is 0 Å². The van der Waals surface area contributed by atoms with E-state index in [0.29, 0.717) is 11.3 Å². The molecule has 0 spiro atoms. The van der Waals surface area contributed by atoms with Gasteiger partial charge < -0.3 is 20.4 Å². The predicted octanol–water partition coefficient (Wildman–Crippen LogP) is 3.14. The molecule has 0 aliphatic rings. The summed E-state index contributed by atoms with van der Waals surface area (Å²) in [6, 6.07) is 8.13. The number of carbonyl (C=O) groups is 2. The highest BCUT2D eigenvalue weighted by Gasteiger charge is 2.15. The van der Waals surface area contributed by atoms with Crippen molar-refractivity contribution in [3.8, 4) is 0 Å². The lowest BCUT2D eigenvalue weighted by molar-refractivity contribution is 0.0963. The first kappa shape index (κ1) is 16.6. The summed E-state index contributed by atoms with van der Waals surface area (Å²) in [5.41, 5.74) is 1.98. The second-order valence-electron chi connectivity index (χ2n) is 5.35. The average molecular weight is 315 g/mol. The molecule has 1 aromatic carbocycles. The van der Waals surface area contributed by atoms with Gasteiger partial charge in [-0.2, -0.15) is 0 Å². The monoisotopic (exact) mass is 315 g/mol. The van der Waals surface area contributed by atoms with Gasteiger partial charge in [0.1, 0.15) is 11.5 Å². The first-order valence-corrected chi connectivity index (χ1v) is 7.37. The summed E-state index contributed by atoms with van der Waals surface area (Å²) in [5, 5.41) is 8.12. The summed E-state index contributed by atoms with van der Waals surface area (Å²) in [6.07, 6.45) is 0. The lowest BCUT2D eigenvalue weighted by Gasteiger charge is -2.14. The van der Waals surface area contributed by atoms with Gasteiger partial charge in [-0.15, -0.1) is 0 Å². The van der Waals surface area contributed by atoms with Gasteiger partial charge >= 0.3 is 6.03 Å². The first-order valence-electron chi connectivity index (χ1n) is 7.37. The zero-order valence-corrected chi connectivity index (χ0v) is 13.7. The van der Waals surface area contributed by atoms with Gasteiger partial charge in [-0.1, -0.05) is 6.07 Å². The highest BCUT2D eigenvalue weighted by atomic mass is 16.3. The smallest absolute Gasteiger partial charge is 0.319 e. The summed E-state index contributed by atoms with van der Waals surface area (Å²) >= 11 is 0. The summed E-state index contributed by atoms with van der Waals surface area (Å²) in [4.78, 5) is 23.7. The predicted molar refractivity (Wildman–Crippen MR) is 88.6 cm³/mol. The molecule has 0 aliphatic carbocycles. The molecule has 2 aromatic rings. The number of amides is 3. The summed E-state index contributed by atoms with van der Waals surface area (Å²) in [7, 11) is 1.56. The molecule has 1 atom stereocenters. The Hall–Kier alpha value is -2.76. The van der Waals surface area contributed by atoms with Gasteiger partial charge in [0.15, 0.2) is 0 Å². The van der Waals surface area contributed by atoms with Gasteiger partial charge in [0.2, 0.25) is 0 Å². The number of anilines is 1. The normalized spacial score (nSPS) is 11.7. The fourth-order valence-electron chi connectivity index (χ4n) is 2.40. The quantitative estimate of drug-likeness (QED) is 0.810. The van der Waals surface area contributed by atoms with E-state index in [4.69, 9.17) is 4.42 Å². The molecule has 2 rings (SSSR count). The zero-order valence-electron chi connectivity index (χ0n) is 13.7. The van der Waals surface area contributed by atoms with E-state index in [0.717, 1.165) is 17.1 Å². The molecule has 0 fully saturated rings. The van der Waals surface area contributed by atoms with Crippen molar-refractivity contribution >= 4 is 17.6 Å². The van der Waals surface area contributed by atoms with Gasteiger partial charge in [0.25, 0.3) is 5.91 Å². The van der Waals surface area contributed by atoms with E-state index in [9.17, 15) is 9.59 Å². The van der Waals surface area contributed by atoms with Gasteiger partial charge in [-0.05, 0) is 45.0 Å². The van der Waals surface area contributed by atoms with Crippen molar-refractivity contribution in [2.24, 2.45) is 0 Å². The molecule has 1 heterocycles. The maximum Gasteiger partial charge on any atom is 0.319 e. The fraction of sp³-hybridized carbons (Fsp3) is 0.294. The van der Waals surface area contributed by atoms with Crippen molar-refractivity contribution in [2.75, 3.05) is 12.4 Å². The minimum atomic E-state index is -0.343. The van der Waals surface area contributed by atoms with Crippen LogP contribution in [-0.2, 0) is 0 Å². The van der Waals surface area contributed by atoms with Gasteiger partial charge in [0, 0.05) is 23.9 Å². The standard InChI is InChI=1S/C17H21N3O3/c1-10-8-15(12(3)23-10)11(2)19-17(22)20-14-7-5-6-13(9-14)16(21)18-4/h5-9,11H,1-4H3,(H,18,21)(H2,19,20,22)/t11-/m0/s1. The number of urea groups is 1. The van der Waals surface area contributed by atoms with E-state index >= 15 is 0 Å². The maximum absolute atomic E-state index is 12.1. The van der Waals surface area contributed by atoms with Crippen LogP contribution in [0, 0.1) is 13.8 Å². The van der Waals surface area contributed by atoms with Crippen LogP contribution >= 0.6 is 0 Å². The molecule has 23 heavy (non-hydrogen) atoms. The number of carbonyl (C=O) groups excluding carboxylic acids is 2. The number of furan rings is 1. The Labute approximate surface area is 135 Å². The molecule has 0 bridgehead atoms. The van der Waals surface area contributed by atoms with Gasteiger partial charge in [-0.25, -0.2) is 4.79 Å². The van der Waals surface area contributed by atoms with Crippen LogP contribution in [0.25, 0.3) is 0 Å². The second kappa shape index (κ2) is 7.00. The minimum absolute atomic E-state index is 0.186. The molecule has 3 N–H and O–H groups in total. The van der Waals surface area contributed by atoms with Crippen molar-refractivity contribution in [2.45, 2.75) is 26.8 Å². The Morgan fingerprint density at radius 2 is 1.91 bits per heavy atom. The molecular weight excluding hydrogens is 294 g/mol. The summed E-state index contributed by atoms with van der Waals surface area (Å²) in [5.74, 6) is 1.40. The lowest BCUT2D eigenvalue weighted by atomic mass is 10.1. The largest absolute Gasteiger partial charge is 0.466 e. The lowest BCUT2D eigenvalue weighted by Crippen LogP contribution is -2.31. The van der Waals surface area contributed by atoms with Crippen molar-refractivity contribution < 1.29 is 14.0 Å². The van der Waals surface area contributed by atoms with Crippen LogP contribution in [0.3, 0.4) is 0 Å². The Morgan fingerprint density at radius 1 is 1.17 bits per heavy atom. The Balaban J connectivity index is 2.02. The first-order chi connectivity index (χ1) is 10.9. The van der Waals surface area contributed by atoms with Crippen molar-refractivity contribution in [1.82, 2.24) is 10.6 Å². The minimum Gasteiger partial charge on any atom is -0.466 e. The molecule has 0 radical (unpaired) electrons. The maximum atomic E-state index is 12.1. The molecule has 0 saturated heterocycles. The van der Waals surface area contributed by atoms with E-state index in [1.54, 1.807) is 31.3 Å². The van der Waals surface area contributed by atoms with E-state index in [2.05, 4.69) is 16.0 Å². The molecule has 0 aliphatic heterocycles. The van der Waals surface area contributed by atoms with E-state index in [1.807, 2.05) is 26.8 Å². The molecule has 1 aromatic heterocycles. The van der Waals surface area contributed by atoms with E-state index in [1.165, 1.54) is 0 Å². The number of hydrogen-bond acceptors (Lipinski definition) is 3. The van der Waals surface area contributed by atoms with E-state index < -0.39 is 0 Å². The number of benzene rings is 1. The number of hydrogen-bond donors (Lipinski definition) is 3. The van der Waals surface area contributed by atoms with Crippen molar-refractivity contribution in [3.63, 3.8) is 0 Å². The van der Waals surface area contributed by atoms with Crippen LogP contribution in [0.2, 0.25) is 0 Å². The van der Waals surface area contributed by atoms with Crippen LogP contribution < -0.4 is 16.0 Å². The van der Waals surface area contributed by atoms with Crippen LogP contribution in [-0.4, -0.2) is 19.0 Å². The third-order valence-electron chi connectivity index (χ3n) is 3.50. The topological polar surface area (TPSA) is 83.4 Å². The summed E-state index contributed by atoms with van der Waals surface area (Å²) in [6.45, 7) is 5.62. The highest BCUT2D eigenvalue weighted by molar-refractivity contribution is 5.96. The Bertz CT molecular complexity index is 722. The second-order valence-corrected chi connectivity index (χ2v) is 5.35. The Morgan fingerprint density at radius 3 is 2.52 bits per heavy atom. The molecular formula is C17H21N3O3. The molecule has 3 amide bonds. The molecule has 6 nitrogen and oxygen atoms in total. The highest BCUT2D eigenvalue weighted by Crippen LogP contribution is 2.21. The third kappa shape index (κ3) is 4.12. The molecule has 122 valence electrons. The molecule has 0 unspecified atom stereocenters. The number of nitrogens with one attached hydrogen (secondary N) is 3. The third-order valence-corrected chi connectivity index (χ3v) is 3.50. The number of rotatable bonds is 4. The zero-order chi connectivity index (χ0) is 17.0. The van der Waals surface area contributed by atoms with Gasteiger partial charge in [-0.3, -0.25) is 4.79 Å². The van der Waals surface area contributed by atoms with Crippen LogP contribution in [0.4, 0.5) is 10.5 Å². The number of aryl methyl sites for hydroxylation is 2. The van der Waals surface area contributed by atoms with E-state index in [-0.39, 0.29) is 18.0 Å².